The van der Waals surface area contributed by atoms with Crippen molar-refractivity contribution in [3.8, 4) is 0 Å². The van der Waals surface area contributed by atoms with Crippen molar-refractivity contribution in [2.75, 3.05) is 39.4 Å². The number of benzene rings is 1. The lowest BCUT2D eigenvalue weighted by Crippen LogP contribution is -2.52. The van der Waals surface area contributed by atoms with Gasteiger partial charge in [-0.25, -0.2) is 0 Å². The van der Waals surface area contributed by atoms with E-state index >= 15 is 0 Å². The van der Waals surface area contributed by atoms with Gasteiger partial charge in [-0.2, -0.15) is 0 Å². The Kier molecular flexibility index (Phi) is 4.75. The Morgan fingerprint density at radius 2 is 2.14 bits per heavy atom. The van der Waals surface area contributed by atoms with E-state index in [1.54, 1.807) is 0 Å². The second-order valence-electron chi connectivity index (χ2n) is 5.23. The zero-order chi connectivity index (χ0) is 14.7. The van der Waals surface area contributed by atoms with Crippen molar-refractivity contribution in [3.63, 3.8) is 0 Å². The summed E-state index contributed by atoms with van der Waals surface area (Å²) in [6.45, 7) is 3.58. The highest BCUT2D eigenvalue weighted by Crippen LogP contribution is 2.28. The van der Waals surface area contributed by atoms with Gasteiger partial charge in [0.05, 0.1) is 19.8 Å². The molecule has 5 nitrogen and oxygen atoms in total. The van der Waals surface area contributed by atoms with Gasteiger partial charge in [-0.1, -0.05) is 29.8 Å². The fraction of sp³-hybridized carbons (Fsp3) is 0.533. The van der Waals surface area contributed by atoms with Crippen LogP contribution in [0.5, 0.6) is 0 Å². The van der Waals surface area contributed by atoms with E-state index in [-0.39, 0.29) is 18.1 Å². The topological polar surface area (TPSA) is 50.8 Å². The van der Waals surface area contributed by atoms with Crippen molar-refractivity contribution in [3.05, 3.63) is 34.9 Å². The first-order chi connectivity index (χ1) is 10.3. The minimum absolute atomic E-state index is 0.0301. The van der Waals surface area contributed by atoms with Crippen molar-refractivity contribution >= 4 is 17.5 Å². The number of nitrogens with zero attached hydrogens (tertiary/aromatic N) is 1. The van der Waals surface area contributed by atoms with Crippen LogP contribution in [-0.4, -0.2) is 56.3 Å². The van der Waals surface area contributed by atoms with Gasteiger partial charge in [0.1, 0.15) is 12.2 Å². The standard InChI is InChI=1S/C15H19ClN2O3/c16-12-4-2-1-3-11(12)14-10-18(6-8-21-14)15(19)13-9-17-5-7-20-13/h1-4,13-14,17H,5-10H2/t13-,14+/m1/s1. The number of ether oxygens (including phenoxy) is 2. The third-order valence-corrected chi connectivity index (χ3v) is 4.18. The van der Waals surface area contributed by atoms with Gasteiger partial charge in [0, 0.05) is 30.2 Å². The molecule has 1 aromatic rings. The number of carbonyl (C=O) groups is 1. The predicted molar refractivity (Wildman–Crippen MR) is 79.3 cm³/mol. The van der Waals surface area contributed by atoms with Gasteiger partial charge >= 0.3 is 0 Å². The third kappa shape index (κ3) is 3.37. The van der Waals surface area contributed by atoms with Gasteiger partial charge in [0.15, 0.2) is 0 Å². The van der Waals surface area contributed by atoms with Gasteiger partial charge in [-0.3, -0.25) is 4.79 Å². The van der Waals surface area contributed by atoms with E-state index in [2.05, 4.69) is 5.32 Å². The Morgan fingerprint density at radius 1 is 1.29 bits per heavy atom. The van der Waals surface area contributed by atoms with E-state index < -0.39 is 0 Å². The predicted octanol–water partition coefficient (Wildman–Crippen LogP) is 1.23. The second-order valence-corrected chi connectivity index (χ2v) is 5.64. The molecule has 0 saturated carbocycles. The fourth-order valence-corrected chi connectivity index (χ4v) is 2.96. The van der Waals surface area contributed by atoms with Gasteiger partial charge in [0.2, 0.25) is 0 Å². The van der Waals surface area contributed by atoms with E-state index in [9.17, 15) is 4.79 Å². The molecule has 114 valence electrons. The zero-order valence-corrected chi connectivity index (χ0v) is 12.5. The normalized spacial score (nSPS) is 26.6. The highest BCUT2D eigenvalue weighted by molar-refractivity contribution is 6.31. The summed E-state index contributed by atoms with van der Waals surface area (Å²) in [6, 6.07) is 7.60. The van der Waals surface area contributed by atoms with Crippen LogP contribution in [-0.2, 0) is 14.3 Å². The van der Waals surface area contributed by atoms with Crippen LogP contribution in [0.4, 0.5) is 0 Å². The molecule has 2 aliphatic rings. The molecule has 2 aliphatic heterocycles. The number of halogens is 1. The molecule has 3 rings (SSSR count). The number of hydrogen-bond acceptors (Lipinski definition) is 4. The van der Waals surface area contributed by atoms with Crippen LogP contribution in [0, 0.1) is 0 Å². The number of rotatable bonds is 2. The molecular weight excluding hydrogens is 292 g/mol. The Morgan fingerprint density at radius 3 is 2.90 bits per heavy atom. The quantitative estimate of drug-likeness (QED) is 0.892. The zero-order valence-electron chi connectivity index (χ0n) is 11.8. The summed E-state index contributed by atoms with van der Waals surface area (Å²) >= 11 is 6.22. The summed E-state index contributed by atoms with van der Waals surface area (Å²) in [5.74, 6) is 0.0301. The van der Waals surface area contributed by atoms with Crippen molar-refractivity contribution in [2.24, 2.45) is 0 Å². The van der Waals surface area contributed by atoms with Crippen LogP contribution >= 0.6 is 11.6 Å². The molecule has 2 fully saturated rings. The van der Waals surface area contributed by atoms with Crippen molar-refractivity contribution in [1.82, 2.24) is 10.2 Å². The first kappa shape index (κ1) is 14.8. The minimum Gasteiger partial charge on any atom is -0.370 e. The SMILES string of the molecule is O=C([C@H]1CNCCO1)N1CCO[C@H](c2ccccc2Cl)C1. The maximum Gasteiger partial charge on any atom is 0.253 e. The molecule has 2 atom stereocenters. The molecule has 1 amide bonds. The molecule has 0 aliphatic carbocycles. The number of carbonyl (C=O) groups excluding carboxylic acids is 1. The highest BCUT2D eigenvalue weighted by Gasteiger charge is 2.31. The van der Waals surface area contributed by atoms with Crippen LogP contribution in [0.3, 0.4) is 0 Å². The molecule has 0 bridgehead atoms. The van der Waals surface area contributed by atoms with Gasteiger partial charge in [0.25, 0.3) is 5.91 Å². The van der Waals surface area contributed by atoms with E-state index in [0.717, 1.165) is 12.1 Å². The summed E-state index contributed by atoms with van der Waals surface area (Å²) in [6.07, 6.45) is -0.559. The number of amides is 1. The number of morpholine rings is 2. The van der Waals surface area contributed by atoms with Crippen LogP contribution in [0.2, 0.25) is 5.02 Å². The Hall–Kier alpha value is -1.14. The molecule has 6 heteroatoms. The average molecular weight is 311 g/mol. The molecule has 2 saturated heterocycles. The van der Waals surface area contributed by atoms with Crippen molar-refractivity contribution < 1.29 is 14.3 Å². The van der Waals surface area contributed by atoms with E-state index in [1.807, 2.05) is 29.2 Å². The van der Waals surface area contributed by atoms with Crippen LogP contribution in [0.25, 0.3) is 0 Å². The first-order valence-corrected chi connectivity index (χ1v) is 7.60. The highest BCUT2D eigenvalue weighted by atomic mass is 35.5. The molecule has 1 aromatic carbocycles. The summed E-state index contributed by atoms with van der Waals surface area (Å²) < 4.78 is 11.3. The molecule has 21 heavy (non-hydrogen) atoms. The fourth-order valence-electron chi connectivity index (χ4n) is 2.70. The maximum atomic E-state index is 12.5. The molecule has 0 radical (unpaired) electrons. The second kappa shape index (κ2) is 6.75. The van der Waals surface area contributed by atoms with Crippen molar-refractivity contribution in [2.45, 2.75) is 12.2 Å². The first-order valence-electron chi connectivity index (χ1n) is 7.23. The monoisotopic (exact) mass is 310 g/mol. The average Bonchev–Trinajstić information content (AvgIpc) is 2.55. The van der Waals surface area contributed by atoms with Crippen LogP contribution in [0.1, 0.15) is 11.7 Å². The third-order valence-electron chi connectivity index (χ3n) is 3.83. The number of nitrogens with one attached hydrogen (secondary N) is 1. The Labute approximate surface area is 129 Å². The minimum atomic E-state index is -0.385. The molecular formula is C15H19ClN2O3. The summed E-state index contributed by atoms with van der Waals surface area (Å²) in [5.41, 5.74) is 0.930. The molecule has 0 spiro atoms. The number of hydrogen-bond donors (Lipinski definition) is 1. The Balaban J connectivity index is 1.68. The van der Waals surface area contributed by atoms with E-state index in [0.29, 0.717) is 37.9 Å². The molecule has 1 N–H and O–H groups in total. The van der Waals surface area contributed by atoms with E-state index in [1.165, 1.54) is 0 Å². The summed E-state index contributed by atoms with van der Waals surface area (Å²) in [7, 11) is 0. The van der Waals surface area contributed by atoms with Crippen LogP contribution < -0.4 is 5.32 Å². The van der Waals surface area contributed by atoms with Gasteiger partial charge < -0.3 is 19.7 Å². The molecule has 0 unspecified atom stereocenters. The van der Waals surface area contributed by atoms with Crippen LogP contribution in [0.15, 0.2) is 24.3 Å². The van der Waals surface area contributed by atoms with Gasteiger partial charge in [-0.15, -0.1) is 0 Å². The van der Waals surface area contributed by atoms with Gasteiger partial charge in [-0.05, 0) is 6.07 Å². The lowest BCUT2D eigenvalue weighted by molar-refractivity contribution is -0.152. The molecule has 0 aromatic heterocycles. The molecule has 2 heterocycles. The van der Waals surface area contributed by atoms with Crippen molar-refractivity contribution in [1.29, 1.82) is 0 Å². The smallest absolute Gasteiger partial charge is 0.253 e. The summed E-state index contributed by atoms with van der Waals surface area (Å²) in [4.78, 5) is 14.3. The lowest BCUT2D eigenvalue weighted by Gasteiger charge is -2.36. The largest absolute Gasteiger partial charge is 0.370 e. The Bertz CT molecular complexity index is 505. The maximum absolute atomic E-state index is 12.5. The summed E-state index contributed by atoms with van der Waals surface area (Å²) in [5, 5.41) is 3.86. The van der Waals surface area contributed by atoms with E-state index in [4.69, 9.17) is 21.1 Å². The lowest BCUT2D eigenvalue weighted by atomic mass is 10.1.